The third kappa shape index (κ3) is 2.38. The fourth-order valence-corrected chi connectivity index (χ4v) is 1.69. The zero-order valence-corrected chi connectivity index (χ0v) is 9.01. The van der Waals surface area contributed by atoms with Gasteiger partial charge >= 0.3 is 0 Å². The van der Waals surface area contributed by atoms with Crippen molar-refractivity contribution in [1.29, 1.82) is 0 Å². The Balaban J connectivity index is 2.37. The van der Waals surface area contributed by atoms with Crippen LogP contribution in [0.5, 0.6) is 0 Å². The lowest BCUT2D eigenvalue weighted by atomic mass is 10.0. The zero-order chi connectivity index (χ0) is 11.2. The number of fused-ring (bicyclic) bond motifs is 1. The largest absolute Gasteiger partial charge is 0.392 e. The highest BCUT2D eigenvalue weighted by Crippen LogP contribution is 2.19. The van der Waals surface area contributed by atoms with Crippen molar-refractivity contribution in [1.82, 2.24) is 0 Å². The third-order valence-corrected chi connectivity index (χ3v) is 2.45. The molecule has 2 aromatic carbocycles. The number of rotatable bonds is 3. The minimum absolute atomic E-state index is 0.0832. The van der Waals surface area contributed by atoms with Crippen LogP contribution in [-0.4, -0.2) is 11.7 Å². The van der Waals surface area contributed by atoms with Crippen molar-refractivity contribution in [2.24, 2.45) is 0 Å². The van der Waals surface area contributed by atoms with Gasteiger partial charge in [0.1, 0.15) is 0 Å². The van der Waals surface area contributed by atoms with E-state index in [9.17, 15) is 0 Å². The molecule has 0 amide bonds. The van der Waals surface area contributed by atoms with E-state index in [1.54, 1.807) is 6.08 Å². The predicted octanol–water partition coefficient (Wildman–Crippen LogP) is 3.40. The summed E-state index contributed by atoms with van der Waals surface area (Å²) in [5.74, 6) is 0. The molecule has 0 unspecified atom stereocenters. The molecule has 0 aromatic heterocycles. The zero-order valence-electron chi connectivity index (χ0n) is 9.01. The molecule has 80 valence electrons. The van der Waals surface area contributed by atoms with Gasteiger partial charge in [0.05, 0.1) is 6.61 Å². The van der Waals surface area contributed by atoms with Crippen molar-refractivity contribution in [2.75, 3.05) is 6.61 Å². The topological polar surface area (TPSA) is 20.2 Å². The highest BCUT2D eigenvalue weighted by atomic mass is 16.2. The molecule has 2 rings (SSSR count). The second-order valence-corrected chi connectivity index (χ2v) is 3.54. The molecule has 1 heteroatoms. The monoisotopic (exact) mass is 210 g/mol. The average molecular weight is 210 g/mol. The van der Waals surface area contributed by atoms with Crippen LogP contribution in [0.1, 0.15) is 5.56 Å². The van der Waals surface area contributed by atoms with Crippen molar-refractivity contribution < 1.29 is 5.11 Å². The third-order valence-electron chi connectivity index (χ3n) is 2.45. The molecule has 16 heavy (non-hydrogen) atoms. The normalized spacial score (nSPS) is 11.8. The summed E-state index contributed by atoms with van der Waals surface area (Å²) in [4.78, 5) is 0. The Hall–Kier alpha value is -1.86. The van der Waals surface area contributed by atoms with Gasteiger partial charge < -0.3 is 5.11 Å². The van der Waals surface area contributed by atoms with Crippen LogP contribution in [0.4, 0.5) is 0 Å². The molecule has 0 saturated heterocycles. The van der Waals surface area contributed by atoms with Gasteiger partial charge in [0.25, 0.3) is 0 Å². The Morgan fingerprint density at radius 3 is 2.62 bits per heavy atom. The molecule has 2 aromatic rings. The van der Waals surface area contributed by atoms with Crippen LogP contribution in [0.25, 0.3) is 16.8 Å². The Labute approximate surface area is 95.4 Å². The minimum Gasteiger partial charge on any atom is -0.392 e. The molecule has 0 saturated carbocycles. The van der Waals surface area contributed by atoms with Gasteiger partial charge in [-0.1, -0.05) is 66.8 Å². The Morgan fingerprint density at radius 1 is 0.938 bits per heavy atom. The molecule has 0 aliphatic heterocycles. The maximum Gasteiger partial charge on any atom is 0.0615 e. The van der Waals surface area contributed by atoms with Gasteiger partial charge in [-0.3, -0.25) is 0 Å². The molecule has 1 N–H and O–H groups in total. The lowest BCUT2D eigenvalue weighted by Crippen LogP contribution is -1.76. The number of aliphatic hydroxyl groups excluding tert-OH is 1. The van der Waals surface area contributed by atoms with Crippen LogP contribution in [-0.2, 0) is 0 Å². The summed E-state index contributed by atoms with van der Waals surface area (Å²) >= 11 is 0. The standard InChI is InChI=1S/C15H14O/c16-12-5-1-2-7-13-9-6-10-14-8-3-4-11-15(13)14/h1-11,16H,12H2/b5-1-,7-2-. The van der Waals surface area contributed by atoms with Crippen LogP contribution in [0.3, 0.4) is 0 Å². The first-order chi connectivity index (χ1) is 7.92. The molecule has 0 heterocycles. The van der Waals surface area contributed by atoms with E-state index in [2.05, 4.69) is 36.4 Å². The predicted molar refractivity (Wildman–Crippen MR) is 69.2 cm³/mol. The quantitative estimate of drug-likeness (QED) is 0.770. The van der Waals surface area contributed by atoms with Gasteiger partial charge in [0, 0.05) is 0 Å². The van der Waals surface area contributed by atoms with E-state index < -0.39 is 0 Å². The van der Waals surface area contributed by atoms with Gasteiger partial charge in [0.15, 0.2) is 0 Å². The lowest BCUT2D eigenvalue weighted by molar-refractivity contribution is 0.343. The van der Waals surface area contributed by atoms with Crippen molar-refractivity contribution in [3.8, 4) is 0 Å². The fourth-order valence-electron chi connectivity index (χ4n) is 1.69. The number of allylic oxidation sites excluding steroid dienone is 2. The molecule has 0 aliphatic rings. The van der Waals surface area contributed by atoms with Gasteiger partial charge in [-0.15, -0.1) is 0 Å². The lowest BCUT2D eigenvalue weighted by Gasteiger charge is -2.00. The smallest absolute Gasteiger partial charge is 0.0615 e. The van der Waals surface area contributed by atoms with Crippen molar-refractivity contribution in [3.63, 3.8) is 0 Å². The first kappa shape index (κ1) is 10.7. The first-order valence-electron chi connectivity index (χ1n) is 5.33. The van der Waals surface area contributed by atoms with Gasteiger partial charge in [0.2, 0.25) is 0 Å². The second-order valence-electron chi connectivity index (χ2n) is 3.54. The van der Waals surface area contributed by atoms with E-state index in [1.807, 2.05) is 24.3 Å². The van der Waals surface area contributed by atoms with Crippen LogP contribution >= 0.6 is 0 Å². The molecule has 0 radical (unpaired) electrons. The summed E-state index contributed by atoms with van der Waals surface area (Å²) in [5.41, 5.74) is 1.20. The van der Waals surface area contributed by atoms with Crippen LogP contribution < -0.4 is 0 Å². The summed E-state index contributed by atoms with van der Waals surface area (Å²) < 4.78 is 0. The number of hydrogen-bond acceptors (Lipinski definition) is 1. The van der Waals surface area contributed by atoms with E-state index >= 15 is 0 Å². The van der Waals surface area contributed by atoms with Gasteiger partial charge in [-0.2, -0.15) is 0 Å². The van der Waals surface area contributed by atoms with E-state index in [0.29, 0.717) is 0 Å². The molecule has 0 fully saturated rings. The van der Waals surface area contributed by atoms with E-state index in [1.165, 1.54) is 16.3 Å². The van der Waals surface area contributed by atoms with Crippen LogP contribution in [0.2, 0.25) is 0 Å². The highest BCUT2D eigenvalue weighted by Gasteiger charge is 1.94. The first-order valence-corrected chi connectivity index (χ1v) is 5.33. The Morgan fingerprint density at radius 2 is 1.75 bits per heavy atom. The van der Waals surface area contributed by atoms with E-state index in [0.717, 1.165) is 0 Å². The summed E-state index contributed by atoms with van der Waals surface area (Å²) in [7, 11) is 0. The molecular formula is C15H14O. The van der Waals surface area contributed by atoms with E-state index in [-0.39, 0.29) is 6.61 Å². The van der Waals surface area contributed by atoms with Crippen molar-refractivity contribution >= 4 is 16.8 Å². The Bertz CT molecular complexity index is 518. The molecule has 1 nitrogen and oxygen atoms in total. The SMILES string of the molecule is OC/C=C\C=C/c1cccc2ccccc12. The Kier molecular flexibility index (Phi) is 3.52. The maximum absolute atomic E-state index is 8.61. The van der Waals surface area contributed by atoms with Gasteiger partial charge in [-0.25, -0.2) is 0 Å². The fraction of sp³-hybridized carbons (Fsp3) is 0.0667. The van der Waals surface area contributed by atoms with Crippen LogP contribution in [0, 0.1) is 0 Å². The number of hydrogen-bond donors (Lipinski definition) is 1. The minimum atomic E-state index is 0.0832. The van der Waals surface area contributed by atoms with Gasteiger partial charge in [-0.05, 0) is 16.3 Å². The molecule has 0 spiro atoms. The summed E-state index contributed by atoms with van der Waals surface area (Å²) in [5, 5.41) is 11.1. The second kappa shape index (κ2) is 5.29. The number of aliphatic hydroxyl groups is 1. The summed E-state index contributed by atoms with van der Waals surface area (Å²) in [6, 6.07) is 14.6. The summed E-state index contributed by atoms with van der Waals surface area (Å²) in [6.07, 6.45) is 7.55. The van der Waals surface area contributed by atoms with Crippen molar-refractivity contribution in [3.05, 3.63) is 66.3 Å². The van der Waals surface area contributed by atoms with Crippen LogP contribution in [0.15, 0.2) is 60.7 Å². The summed E-state index contributed by atoms with van der Waals surface area (Å²) in [6.45, 7) is 0.0832. The number of benzene rings is 2. The molecule has 0 aliphatic carbocycles. The average Bonchev–Trinajstić information content (AvgIpc) is 2.35. The maximum atomic E-state index is 8.61. The highest BCUT2D eigenvalue weighted by molar-refractivity contribution is 5.90. The molecule has 0 atom stereocenters. The van der Waals surface area contributed by atoms with Crippen molar-refractivity contribution in [2.45, 2.75) is 0 Å². The molecule has 0 bridgehead atoms. The molecular weight excluding hydrogens is 196 g/mol. The van der Waals surface area contributed by atoms with E-state index in [4.69, 9.17) is 5.11 Å².